The summed E-state index contributed by atoms with van der Waals surface area (Å²) in [5, 5.41) is 0. The second kappa shape index (κ2) is 17.3. The highest BCUT2D eigenvalue weighted by Crippen LogP contribution is 2.39. The zero-order valence-electron chi connectivity index (χ0n) is 23.3. The molecule has 2 rings (SSSR count). The molecule has 2 heterocycles. The van der Waals surface area contributed by atoms with Gasteiger partial charge in [0.15, 0.2) is 0 Å². The summed E-state index contributed by atoms with van der Waals surface area (Å²) in [5.41, 5.74) is 0.368. The number of hydrogen-bond acceptors (Lipinski definition) is 3. The lowest BCUT2D eigenvalue weighted by Crippen LogP contribution is -2.60. The van der Waals surface area contributed by atoms with Crippen LogP contribution in [0, 0.1) is 5.41 Å². The summed E-state index contributed by atoms with van der Waals surface area (Å²) >= 11 is 0. The third-order valence-corrected chi connectivity index (χ3v) is 7.51. The number of carbonyl (C=O) groups excluding carboxylic acids is 2. The number of nitrogens with zero attached hydrogens (tertiary/aromatic N) is 2. The molecule has 0 atom stereocenters. The predicted molar refractivity (Wildman–Crippen MR) is 143 cm³/mol. The van der Waals surface area contributed by atoms with Gasteiger partial charge < -0.3 is 14.5 Å². The molecule has 5 heteroatoms. The summed E-state index contributed by atoms with van der Waals surface area (Å²) in [7, 11) is 1.71. The lowest BCUT2D eigenvalue weighted by Gasteiger charge is -2.52. The minimum Gasteiger partial charge on any atom is -0.379 e. The Morgan fingerprint density at radius 2 is 1.24 bits per heavy atom. The van der Waals surface area contributed by atoms with Crippen molar-refractivity contribution in [3.05, 3.63) is 0 Å². The highest BCUT2D eigenvalue weighted by Gasteiger charge is 2.44. The van der Waals surface area contributed by atoms with Gasteiger partial charge in [-0.1, -0.05) is 84.0 Å². The molecule has 2 aliphatic heterocycles. The first-order valence-corrected chi connectivity index (χ1v) is 14.3. The zero-order chi connectivity index (χ0) is 25.3. The Bertz CT molecular complexity index is 528. The maximum absolute atomic E-state index is 12.4. The van der Waals surface area contributed by atoms with Gasteiger partial charge in [0, 0.05) is 45.1 Å². The molecule has 0 aliphatic carbocycles. The molecule has 2 saturated heterocycles. The minimum atomic E-state index is 0.0417. The van der Waals surface area contributed by atoms with Crippen molar-refractivity contribution in [1.29, 1.82) is 0 Å². The van der Waals surface area contributed by atoms with E-state index < -0.39 is 0 Å². The van der Waals surface area contributed by atoms with Gasteiger partial charge in [-0.3, -0.25) is 9.59 Å². The van der Waals surface area contributed by atoms with E-state index in [0.29, 0.717) is 11.3 Å². The van der Waals surface area contributed by atoms with Crippen molar-refractivity contribution >= 4 is 12.3 Å². The molecule has 34 heavy (non-hydrogen) atoms. The van der Waals surface area contributed by atoms with E-state index in [4.69, 9.17) is 4.74 Å². The lowest BCUT2D eigenvalue weighted by molar-refractivity contribution is -0.141. The van der Waals surface area contributed by atoms with Crippen molar-refractivity contribution in [3.63, 3.8) is 0 Å². The van der Waals surface area contributed by atoms with Gasteiger partial charge in [-0.2, -0.15) is 0 Å². The summed E-state index contributed by atoms with van der Waals surface area (Å²) in [6, 6.07) is 0. The smallest absolute Gasteiger partial charge is 0.222 e. The third kappa shape index (κ3) is 13.7. The van der Waals surface area contributed by atoms with Crippen LogP contribution in [0.2, 0.25) is 0 Å². The van der Waals surface area contributed by atoms with Crippen LogP contribution in [0.4, 0.5) is 0 Å². The van der Waals surface area contributed by atoms with E-state index in [1.54, 1.807) is 7.11 Å². The van der Waals surface area contributed by atoms with Gasteiger partial charge in [0.25, 0.3) is 0 Å². The predicted octanol–water partition coefficient (Wildman–Crippen LogP) is 6.98. The fraction of sp³-hybridized carbons (Fsp3) is 0.931. The van der Waals surface area contributed by atoms with Crippen LogP contribution >= 0.6 is 0 Å². The van der Waals surface area contributed by atoms with E-state index in [9.17, 15) is 9.59 Å². The van der Waals surface area contributed by atoms with Gasteiger partial charge in [-0.05, 0) is 40.0 Å². The Balaban J connectivity index is 0.000000852. The van der Waals surface area contributed by atoms with Crippen LogP contribution in [-0.2, 0) is 14.3 Å². The summed E-state index contributed by atoms with van der Waals surface area (Å²) in [6.45, 7) is 11.9. The Morgan fingerprint density at radius 3 is 1.62 bits per heavy atom. The fourth-order valence-electron chi connectivity index (χ4n) is 4.89. The molecule has 0 N–H and O–H groups in total. The fourth-order valence-corrected chi connectivity index (χ4v) is 4.89. The van der Waals surface area contributed by atoms with E-state index in [0.717, 1.165) is 58.3 Å². The molecule has 0 aromatic carbocycles. The van der Waals surface area contributed by atoms with Gasteiger partial charge in [0.1, 0.15) is 0 Å². The van der Waals surface area contributed by atoms with Gasteiger partial charge in [0.05, 0.1) is 5.60 Å². The molecular weight excluding hydrogens is 424 g/mol. The first-order valence-electron chi connectivity index (χ1n) is 14.3. The van der Waals surface area contributed by atoms with E-state index in [1.807, 2.05) is 25.7 Å². The Hall–Kier alpha value is -1.10. The lowest BCUT2D eigenvalue weighted by atomic mass is 9.72. The number of ether oxygens (including phenoxy) is 1. The Morgan fingerprint density at radius 1 is 0.824 bits per heavy atom. The van der Waals surface area contributed by atoms with Crippen molar-refractivity contribution in [3.8, 4) is 0 Å². The van der Waals surface area contributed by atoms with Crippen molar-refractivity contribution in [2.24, 2.45) is 5.41 Å². The maximum atomic E-state index is 12.4. The molecule has 5 nitrogen and oxygen atoms in total. The quantitative estimate of drug-likeness (QED) is 0.188. The largest absolute Gasteiger partial charge is 0.379 e. The average molecular weight is 481 g/mol. The second-order valence-electron chi connectivity index (χ2n) is 11.7. The second-order valence-corrected chi connectivity index (χ2v) is 11.7. The van der Waals surface area contributed by atoms with Crippen LogP contribution in [0.25, 0.3) is 0 Å². The normalized spacial score (nSPS) is 17.2. The summed E-state index contributed by atoms with van der Waals surface area (Å²) in [4.78, 5) is 27.1. The number of likely N-dealkylation sites (tertiary alicyclic amines) is 2. The Kier molecular flexibility index (Phi) is 15.8. The molecule has 2 aliphatic rings. The summed E-state index contributed by atoms with van der Waals surface area (Å²) in [5.74, 6) is 0.351. The molecule has 200 valence electrons. The number of piperidine rings is 1. The number of rotatable bonds is 15. The van der Waals surface area contributed by atoms with E-state index in [1.165, 1.54) is 77.0 Å². The van der Waals surface area contributed by atoms with E-state index in [-0.39, 0.29) is 5.60 Å². The van der Waals surface area contributed by atoms with Crippen molar-refractivity contribution in [1.82, 2.24) is 9.80 Å². The average Bonchev–Trinajstić information content (AvgIpc) is 2.80. The molecule has 0 unspecified atom stereocenters. The van der Waals surface area contributed by atoms with Crippen LogP contribution in [0.5, 0.6) is 0 Å². The summed E-state index contributed by atoms with van der Waals surface area (Å²) in [6.07, 6.45) is 21.3. The molecule has 0 bridgehead atoms. The first kappa shape index (κ1) is 30.9. The molecule has 1 spiro atoms. The van der Waals surface area contributed by atoms with Crippen molar-refractivity contribution in [2.75, 3.05) is 33.3 Å². The SMILES string of the molecule is CCCCCCCCCCCCCCCC(=O)N1CCC2(CC1)CN(C=O)C2.COC(C)(C)C. The van der Waals surface area contributed by atoms with Crippen LogP contribution in [0.15, 0.2) is 0 Å². The topological polar surface area (TPSA) is 49.9 Å². The zero-order valence-corrected chi connectivity index (χ0v) is 23.3. The molecule has 0 saturated carbocycles. The molecule has 0 aromatic heterocycles. The van der Waals surface area contributed by atoms with Gasteiger partial charge in [0.2, 0.25) is 12.3 Å². The highest BCUT2D eigenvalue weighted by atomic mass is 16.5. The van der Waals surface area contributed by atoms with E-state index in [2.05, 4.69) is 11.8 Å². The molecule has 2 fully saturated rings. The monoisotopic (exact) mass is 480 g/mol. The molecule has 2 amide bonds. The van der Waals surface area contributed by atoms with Gasteiger partial charge >= 0.3 is 0 Å². The van der Waals surface area contributed by atoms with Crippen molar-refractivity contribution in [2.45, 2.75) is 136 Å². The van der Waals surface area contributed by atoms with Crippen LogP contribution in [-0.4, -0.2) is 61.0 Å². The maximum Gasteiger partial charge on any atom is 0.222 e. The minimum absolute atomic E-state index is 0.0417. The number of amides is 2. The van der Waals surface area contributed by atoms with Crippen LogP contribution in [0.3, 0.4) is 0 Å². The molecular formula is C29H56N2O3. The molecule has 0 aromatic rings. The Labute approximate surface area is 211 Å². The van der Waals surface area contributed by atoms with Gasteiger partial charge in [-0.25, -0.2) is 0 Å². The number of hydrogen-bond donors (Lipinski definition) is 0. The third-order valence-electron chi connectivity index (χ3n) is 7.51. The van der Waals surface area contributed by atoms with E-state index >= 15 is 0 Å². The van der Waals surface area contributed by atoms with Crippen LogP contribution < -0.4 is 0 Å². The van der Waals surface area contributed by atoms with Crippen molar-refractivity contribution < 1.29 is 14.3 Å². The standard InChI is InChI=1S/C24H44N2O2.C5H12O/c1-2-3-4-5-6-7-8-9-10-11-12-13-14-15-23(28)26-18-16-24(17-19-26)20-25(21-24)22-27;1-5(2,3)6-4/h22H,2-21H2,1H3;1-4H3. The molecule has 0 radical (unpaired) electrons. The summed E-state index contributed by atoms with van der Waals surface area (Å²) < 4.78 is 4.94. The van der Waals surface area contributed by atoms with Gasteiger partial charge in [-0.15, -0.1) is 0 Å². The number of carbonyl (C=O) groups is 2. The van der Waals surface area contributed by atoms with Crippen LogP contribution in [0.1, 0.15) is 130 Å². The highest BCUT2D eigenvalue weighted by molar-refractivity contribution is 5.76. The first-order chi connectivity index (χ1) is 16.2. The number of methoxy groups -OCH3 is 1. The number of unbranched alkanes of at least 4 members (excludes halogenated alkanes) is 12.